The van der Waals surface area contributed by atoms with E-state index in [9.17, 15) is 9.59 Å². The summed E-state index contributed by atoms with van der Waals surface area (Å²) in [5.41, 5.74) is 1.69. The second-order valence-electron chi connectivity index (χ2n) is 5.68. The number of rotatable bonds is 6. The van der Waals surface area contributed by atoms with Gasteiger partial charge in [0, 0.05) is 5.02 Å². The Morgan fingerprint density at radius 2 is 1.64 bits per heavy atom. The lowest BCUT2D eigenvalue weighted by molar-refractivity contribution is -0.123. The third-order valence-corrected chi connectivity index (χ3v) is 4.02. The Morgan fingerprint density at radius 3 is 2.32 bits per heavy atom. The van der Waals surface area contributed by atoms with Crippen molar-refractivity contribution in [3.8, 4) is 0 Å². The van der Waals surface area contributed by atoms with E-state index in [1.54, 1.807) is 13.0 Å². The summed E-state index contributed by atoms with van der Waals surface area (Å²) in [5.74, 6) is -0.316. The van der Waals surface area contributed by atoms with E-state index in [0.717, 1.165) is 11.1 Å². The second-order valence-corrected chi connectivity index (χ2v) is 6.09. The fourth-order valence-electron chi connectivity index (χ4n) is 2.25. The summed E-state index contributed by atoms with van der Waals surface area (Å²) in [6.45, 7) is 3.58. The first-order chi connectivity index (χ1) is 12.0. The summed E-state index contributed by atoms with van der Waals surface area (Å²) in [7, 11) is 0. The van der Waals surface area contributed by atoms with Crippen LogP contribution in [0, 0.1) is 0 Å². The maximum Gasteiger partial charge on any atom is 0.408 e. The highest BCUT2D eigenvalue weighted by atomic mass is 35.5. The molecule has 0 aliphatic carbocycles. The molecule has 0 aromatic heterocycles. The van der Waals surface area contributed by atoms with E-state index in [1.165, 1.54) is 0 Å². The molecule has 2 aromatic carbocycles. The van der Waals surface area contributed by atoms with Crippen molar-refractivity contribution in [2.45, 2.75) is 32.5 Å². The molecule has 0 saturated carbocycles. The summed E-state index contributed by atoms with van der Waals surface area (Å²) in [4.78, 5) is 24.0. The van der Waals surface area contributed by atoms with Gasteiger partial charge in [0.1, 0.15) is 12.6 Å². The van der Waals surface area contributed by atoms with Crippen molar-refractivity contribution < 1.29 is 14.3 Å². The quantitative estimate of drug-likeness (QED) is 0.822. The van der Waals surface area contributed by atoms with Crippen LogP contribution in [0.2, 0.25) is 5.02 Å². The summed E-state index contributed by atoms with van der Waals surface area (Å²) < 4.78 is 5.11. The van der Waals surface area contributed by atoms with E-state index < -0.39 is 12.1 Å². The standard InChI is InChI=1S/C19H21ClN2O3/c1-13(16-10-6-7-11-17(16)20)21-18(23)14(2)22-19(24)25-12-15-8-4-3-5-9-15/h3-11,13-14H,12H2,1-2H3,(H,21,23)(H,22,24)/t13-,14-/m1/s1. The molecule has 2 aromatic rings. The predicted octanol–water partition coefficient (Wildman–Crippen LogP) is 3.83. The molecular formula is C19H21ClN2O3. The maximum absolute atomic E-state index is 12.2. The van der Waals surface area contributed by atoms with Crippen LogP contribution in [-0.4, -0.2) is 18.0 Å². The molecule has 25 heavy (non-hydrogen) atoms. The van der Waals surface area contributed by atoms with Crippen LogP contribution in [0.5, 0.6) is 0 Å². The van der Waals surface area contributed by atoms with Gasteiger partial charge in [0.15, 0.2) is 0 Å². The zero-order valence-electron chi connectivity index (χ0n) is 14.2. The Bertz CT molecular complexity index is 722. The van der Waals surface area contributed by atoms with E-state index in [-0.39, 0.29) is 18.6 Å². The first-order valence-electron chi connectivity index (χ1n) is 7.99. The minimum atomic E-state index is -0.729. The predicted molar refractivity (Wildman–Crippen MR) is 97.2 cm³/mol. The number of nitrogens with one attached hydrogen (secondary N) is 2. The molecule has 0 aliphatic rings. The van der Waals surface area contributed by atoms with Gasteiger partial charge < -0.3 is 15.4 Å². The number of alkyl carbamates (subject to hydrolysis) is 1. The van der Waals surface area contributed by atoms with Crippen LogP contribution >= 0.6 is 11.6 Å². The number of carbonyl (C=O) groups excluding carboxylic acids is 2. The Kier molecular flexibility index (Phi) is 6.83. The van der Waals surface area contributed by atoms with Crippen LogP contribution in [0.1, 0.15) is 31.0 Å². The van der Waals surface area contributed by atoms with Gasteiger partial charge in [-0.25, -0.2) is 4.79 Å². The van der Waals surface area contributed by atoms with E-state index in [4.69, 9.17) is 16.3 Å². The Morgan fingerprint density at radius 1 is 1.00 bits per heavy atom. The van der Waals surface area contributed by atoms with Crippen molar-refractivity contribution in [3.63, 3.8) is 0 Å². The maximum atomic E-state index is 12.2. The highest BCUT2D eigenvalue weighted by Gasteiger charge is 2.19. The van der Waals surface area contributed by atoms with Crippen molar-refractivity contribution in [2.24, 2.45) is 0 Å². The number of carbonyl (C=O) groups is 2. The van der Waals surface area contributed by atoms with Crippen molar-refractivity contribution in [2.75, 3.05) is 0 Å². The molecule has 6 heteroatoms. The van der Waals surface area contributed by atoms with Crippen LogP contribution < -0.4 is 10.6 Å². The molecule has 2 N–H and O–H groups in total. The minimum Gasteiger partial charge on any atom is -0.445 e. The average Bonchev–Trinajstić information content (AvgIpc) is 2.61. The third kappa shape index (κ3) is 5.80. The van der Waals surface area contributed by atoms with Gasteiger partial charge in [0.25, 0.3) is 0 Å². The summed E-state index contributed by atoms with van der Waals surface area (Å²) >= 11 is 6.12. The van der Waals surface area contributed by atoms with Crippen molar-refractivity contribution >= 4 is 23.6 Å². The lowest BCUT2D eigenvalue weighted by Crippen LogP contribution is -2.45. The highest BCUT2D eigenvalue weighted by molar-refractivity contribution is 6.31. The first kappa shape index (κ1) is 18.8. The SMILES string of the molecule is C[C@@H](NC(=O)OCc1ccccc1)C(=O)N[C@H](C)c1ccccc1Cl. The first-order valence-corrected chi connectivity index (χ1v) is 8.37. The molecular weight excluding hydrogens is 340 g/mol. The topological polar surface area (TPSA) is 67.4 Å². The molecule has 0 saturated heterocycles. The summed E-state index contributed by atoms with van der Waals surface area (Å²) in [6, 6.07) is 15.6. The number of hydrogen-bond donors (Lipinski definition) is 2. The number of amides is 2. The minimum absolute atomic E-state index is 0.150. The van der Waals surface area contributed by atoms with Gasteiger partial charge in [-0.3, -0.25) is 4.79 Å². The molecule has 132 valence electrons. The summed E-state index contributed by atoms with van der Waals surface area (Å²) in [6.07, 6.45) is -0.642. The molecule has 0 spiro atoms. The molecule has 0 fully saturated rings. The van der Waals surface area contributed by atoms with Crippen LogP contribution in [0.4, 0.5) is 4.79 Å². The van der Waals surface area contributed by atoms with Gasteiger partial charge in [-0.2, -0.15) is 0 Å². The van der Waals surface area contributed by atoms with Crippen molar-refractivity contribution in [1.82, 2.24) is 10.6 Å². The fourth-order valence-corrected chi connectivity index (χ4v) is 2.55. The molecule has 2 atom stereocenters. The average molecular weight is 361 g/mol. The molecule has 0 radical (unpaired) electrons. The number of benzene rings is 2. The summed E-state index contributed by atoms with van der Waals surface area (Å²) in [5, 5.41) is 5.92. The highest BCUT2D eigenvalue weighted by Crippen LogP contribution is 2.22. The smallest absolute Gasteiger partial charge is 0.408 e. The van der Waals surface area contributed by atoms with Crippen LogP contribution in [0.15, 0.2) is 54.6 Å². The monoisotopic (exact) mass is 360 g/mol. The number of hydrogen-bond acceptors (Lipinski definition) is 3. The lowest BCUT2D eigenvalue weighted by Gasteiger charge is -2.19. The third-order valence-electron chi connectivity index (χ3n) is 3.67. The molecule has 0 heterocycles. The van der Waals surface area contributed by atoms with Gasteiger partial charge >= 0.3 is 6.09 Å². The zero-order chi connectivity index (χ0) is 18.2. The van der Waals surface area contributed by atoms with Crippen LogP contribution in [0.25, 0.3) is 0 Å². The molecule has 0 unspecified atom stereocenters. The van der Waals surface area contributed by atoms with Gasteiger partial charge in [-0.1, -0.05) is 60.1 Å². The van der Waals surface area contributed by atoms with Gasteiger partial charge in [0.05, 0.1) is 6.04 Å². The molecule has 5 nitrogen and oxygen atoms in total. The molecule has 0 aliphatic heterocycles. The Balaban J connectivity index is 1.81. The second kappa shape index (κ2) is 9.08. The van der Waals surface area contributed by atoms with Gasteiger partial charge in [-0.05, 0) is 31.0 Å². The number of halogens is 1. The normalized spacial score (nSPS) is 12.8. The Labute approximate surface area is 152 Å². The molecule has 2 rings (SSSR count). The van der Waals surface area contributed by atoms with Gasteiger partial charge in [-0.15, -0.1) is 0 Å². The lowest BCUT2D eigenvalue weighted by atomic mass is 10.1. The van der Waals surface area contributed by atoms with Crippen LogP contribution in [-0.2, 0) is 16.1 Å². The molecule has 2 amide bonds. The zero-order valence-corrected chi connectivity index (χ0v) is 14.9. The van der Waals surface area contributed by atoms with Gasteiger partial charge in [0.2, 0.25) is 5.91 Å². The van der Waals surface area contributed by atoms with E-state index >= 15 is 0 Å². The van der Waals surface area contributed by atoms with Crippen molar-refractivity contribution in [1.29, 1.82) is 0 Å². The van der Waals surface area contributed by atoms with Crippen LogP contribution in [0.3, 0.4) is 0 Å². The largest absolute Gasteiger partial charge is 0.445 e. The number of ether oxygens (including phenoxy) is 1. The van der Waals surface area contributed by atoms with Crippen molar-refractivity contribution in [3.05, 3.63) is 70.7 Å². The van der Waals surface area contributed by atoms with E-state index in [1.807, 2.05) is 55.5 Å². The fraction of sp³-hybridized carbons (Fsp3) is 0.263. The van der Waals surface area contributed by atoms with E-state index in [2.05, 4.69) is 10.6 Å². The Hall–Kier alpha value is -2.53. The van der Waals surface area contributed by atoms with E-state index in [0.29, 0.717) is 5.02 Å². The molecule has 0 bridgehead atoms.